The number of hydrogen-bond acceptors (Lipinski definition) is 4. The van der Waals surface area contributed by atoms with Gasteiger partial charge in [-0.15, -0.1) is 0 Å². The van der Waals surface area contributed by atoms with Crippen LogP contribution in [0.3, 0.4) is 0 Å². The van der Waals surface area contributed by atoms with Crippen LogP contribution in [-0.4, -0.2) is 28.5 Å². The summed E-state index contributed by atoms with van der Waals surface area (Å²) in [5.74, 6) is 0.818. The molecule has 2 N–H and O–H groups in total. The topological polar surface area (TPSA) is 66.9 Å². The Balaban J connectivity index is 1.64. The van der Waals surface area contributed by atoms with Crippen molar-refractivity contribution in [3.05, 3.63) is 17.5 Å². The molecular weight excluding hydrogens is 252 g/mol. The van der Waals surface area contributed by atoms with Crippen molar-refractivity contribution >= 4 is 11.9 Å². The molecule has 20 heavy (non-hydrogen) atoms. The first-order chi connectivity index (χ1) is 9.63. The molecule has 1 aliphatic rings. The quantitative estimate of drug-likeness (QED) is 0.783. The van der Waals surface area contributed by atoms with Gasteiger partial charge in [0.05, 0.1) is 0 Å². The molecule has 1 amide bonds. The number of aromatic nitrogens is 2. The molecule has 0 bridgehead atoms. The highest BCUT2D eigenvalue weighted by atomic mass is 16.1. The van der Waals surface area contributed by atoms with Gasteiger partial charge in [0.1, 0.15) is 0 Å². The second-order valence-electron chi connectivity index (χ2n) is 5.55. The smallest absolute Gasteiger partial charge is 0.223 e. The maximum Gasteiger partial charge on any atom is 0.223 e. The van der Waals surface area contributed by atoms with E-state index in [0.29, 0.717) is 18.4 Å². The first-order valence-electron chi connectivity index (χ1n) is 7.49. The van der Waals surface area contributed by atoms with Gasteiger partial charge < -0.3 is 10.6 Å². The van der Waals surface area contributed by atoms with Crippen molar-refractivity contribution in [1.29, 1.82) is 0 Å². The van der Waals surface area contributed by atoms with Crippen molar-refractivity contribution in [2.75, 3.05) is 11.9 Å². The van der Waals surface area contributed by atoms with Crippen molar-refractivity contribution in [3.8, 4) is 0 Å². The highest BCUT2D eigenvalue weighted by molar-refractivity contribution is 5.76. The predicted octanol–water partition coefficient (Wildman–Crippen LogP) is 2.34. The maximum absolute atomic E-state index is 11.7. The van der Waals surface area contributed by atoms with E-state index in [9.17, 15) is 4.79 Å². The standard InChI is InChI=1S/C15H24N4O/c1-11-10-12(2)18-15(17-11)16-9-5-8-14(20)19-13-6-3-4-7-13/h10,13H,3-9H2,1-2H3,(H,19,20)(H,16,17,18). The Hall–Kier alpha value is -1.65. The largest absolute Gasteiger partial charge is 0.354 e. The van der Waals surface area contributed by atoms with Gasteiger partial charge in [-0.3, -0.25) is 4.79 Å². The molecule has 5 heteroatoms. The molecule has 0 atom stereocenters. The lowest BCUT2D eigenvalue weighted by Gasteiger charge is -2.12. The molecule has 2 rings (SSSR count). The molecule has 1 fully saturated rings. The van der Waals surface area contributed by atoms with Gasteiger partial charge in [-0.05, 0) is 39.2 Å². The second kappa shape index (κ2) is 7.22. The number of anilines is 1. The van der Waals surface area contributed by atoms with Crippen LogP contribution >= 0.6 is 0 Å². The molecule has 1 saturated carbocycles. The number of rotatable bonds is 6. The second-order valence-corrected chi connectivity index (χ2v) is 5.55. The van der Waals surface area contributed by atoms with Crippen molar-refractivity contribution < 1.29 is 4.79 Å². The fourth-order valence-corrected chi connectivity index (χ4v) is 2.62. The van der Waals surface area contributed by atoms with E-state index in [1.807, 2.05) is 19.9 Å². The minimum absolute atomic E-state index is 0.167. The number of aryl methyl sites for hydroxylation is 2. The van der Waals surface area contributed by atoms with Gasteiger partial charge in [0, 0.05) is 30.4 Å². The lowest BCUT2D eigenvalue weighted by Crippen LogP contribution is -2.32. The van der Waals surface area contributed by atoms with Crippen molar-refractivity contribution in [1.82, 2.24) is 15.3 Å². The zero-order chi connectivity index (χ0) is 14.4. The van der Waals surface area contributed by atoms with E-state index in [0.717, 1.165) is 37.2 Å². The minimum atomic E-state index is 0.167. The molecule has 0 aliphatic heterocycles. The van der Waals surface area contributed by atoms with Crippen molar-refractivity contribution in [2.45, 2.75) is 58.4 Å². The zero-order valence-corrected chi connectivity index (χ0v) is 12.4. The van der Waals surface area contributed by atoms with Crippen LogP contribution in [0.4, 0.5) is 5.95 Å². The molecule has 0 spiro atoms. The Kier molecular flexibility index (Phi) is 5.32. The summed E-state index contributed by atoms with van der Waals surface area (Å²) in [6, 6.07) is 2.36. The van der Waals surface area contributed by atoms with E-state index in [4.69, 9.17) is 0 Å². The lowest BCUT2D eigenvalue weighted by atomic mass is 10.2. The van der Waals surface area contributed by atoms with Gasteiger partial charge in [0.25, 0.3) is 0 Å². The molecule has 110 valence electrons. The normalized spacial score (nSPS) is 15.3. The van der Waals surface area contributed by atoms with Crippen LogP contribution < -0.4 is 10.6 Å². The Morgan fingerprint density at radius 2 is 1.90 bits per heavy atom. The van der Waals surface area contributed by atoms with Crippen LogP contribution in [0.2, 0.25) is 0 Å². The van der Waals surface area contributed by atoms with Crippen LogP contribution in [0.25, 0.3) is 0 Å². The third kappa shape index (κ3) is 4.79. The summed E-state index contributed by atoms with van der Waals surface area (Å²) in [7, 11) is 0. The first kappa shape index (κ1) is 14.8. The van der Waals surface area contributed by atoms with Crippen molar-refractivity contribution in [3.63, 3.8) is 0 Å². The molecule has 1 aromatic heterocycles. The van der Waals surface area contributed by atoms with Gasteiger partial charge in [-0.2, -0.15) is 0 Å². The van der Waals surface area contributed by atoms with E-state index in [-0.39, 0.29) is 5.91 Å². The zero-order valence-electron chi connectivity index (χ0n) is 12.4. The van der Waals surface area contributed by atoms with Gasteiger partial charge in [-0.25, -0.2) is 9.97 Å². The minimum Gasteiger partial charge on any atom is -0.354 e. The summed E-state index contributed by atoms with van der Waals surface area (Å²) >= 11 is 0. The number of carbonyl (C=O) groups excluding carboxylic acids is 1. The number of carbonyl (C=O) groups is 1. The summed E-state index contributed by atoms with van der Waals surface area (Å²) < 4.78 is 0. The summed E-state index contributed by atoms with van der Waals surface area (Å²) in [6.45, 7) is 4.63. The maximum atomic E-state index is 11.7. The van der Waals surface area contributed by atoms with Gasteiger partial charge in [-0.1, -0.05) is 12.8 Å². The van der Waals surface area contributed by atoms with E-state index < -0.39 is 0 Å². The van der Waals surface area contributed by atoms with Crippen LogP contribution in [0, 0.1) is 13.8 Å². The SMILES string of the molecule is Cc1cc(C)nc(NCCCC(=O)NC2CCCC2)n1. The number of hydrogen-bond donors (Lipinski definition) is 2. The van der Waals surface area contributed by atoms with Gasteiger partial charge in [0.15, 0.2) is 0 Å². The summed E-state index contributed by atoms with van der Waals surface area (Å²) in [5.41, 5.74) is 1.91. The summed E-state index contributed by atoms with van der Waals surface area (Å²) in [4.78, 5) is 20.4. The highest BCUT2D eigenvalue weighted by Crippen LogP contribution is 2.17. The molecule has 1 aliphatic carbocycles. The Morgan fingerprint density at radius 3 is 2.55 bits per heavy atom. The molecule has 1 heterocycles. The molecule has 0 saturated heterocycles. The van der Waals surface area contributed by atoms with E-state index in [1.165, 1.54) is 12.8 Å². The lowest BCUT2D eigenvalue weighted by molar-refractivity contribution is -0.121. The third-order valence-corrected chi connectivity index (χ3v) is 3.57. The Morgan fingerprint density at radius 1 is 1.25 bits per heavy atom. The molecule has 1 aromatic rings. The average Bonchev–Trinajstić information content (AvgIpc) is 2.86. The van der Waals surface area contributed by atoms with E-state index >= 15 is 0 Å². The van der Waals surface area contributed by atoms with E-state index in [2.05, 4.69) is 20.6 Å². The van der Waals surface area contributed by atoms with Crippen LogP contribution in [0.1, 0.15) is 49.9 Å². The number of amides is 1. The molecule has 5 nitrogen and oxygen atoms in total. The third-order valence-electron chi connectivity index (χ3n) is 3.57. The Bertz CT molecular complexity index is 435. The molecule has 0 aromatic carbocycles. The number of nitrogens with zero attached hydrogens (tertiary/aromatic N) is 2. The Labute approximate surface area is 120 Å². The summed E-state index contributed by atoms with van der Waals surface area (Å²) in [6.07, 6.45) is 6.14. The molecule has 0 radical (unpaired) electrons. The molecular formula is C15H24N4O. The first-order valence-corrected chi connectivity index (χ1v) is 7.49. The predicted molar refractivity (Wildman–Crippen MR) is 79.6 cm³/mol. The van der Waals surface area contributed by atoms with E-state index in [1.54, 1.807) is 0 Å². The van der Waals surface area contributed by atoms with Crippen LogP contribution in [0.5, 0.6) is 0 Å². The van der Waals surface area contributed by atoms with Crippen LogP contribution in [0.15, 0.2) is 6.07 Å². The number of nitrogens with one attached hydrogen (secondary N) is 2. The summed E-state index contributed by atoms with van der Waals surface area (Å²) in [5, 5.41) is 6.27. The van der Waals surface area contributed by atoms with Crippen LogP contribution in [-0.2, 0) is 4.79 Å². The average molecular weight is 276 g/mol. The van der Waals surface area contributed by atoms with Crippen molar-refractivity contribution in [2.24, 2.45) is 0 Å². The fourth-order valence-electron chi connectivity index (χ4n) is 2.62. The highest BCUT2D eigenvalue weighted by Gasteiger charge is 2.16. The monoisotopic (exact) mass is 276 g/mol. The van der Waals surface area contributed by atoms with Gasteiger partial charge in [0.2, 0.25) is 11.9 Å². The van der Waals surface area contributed by atoms with Gasteiger partial charge >= 0.3 is 0 Å². The fraction of sp³-hybridized carbons (Fsp3) is 0.667. The molecule has 0 unspecified atom stereocenters.